The van der Waals surface area contributed by atoms with Gasteiger partial charge in [0.15, 0.2) is 0 Å². The van der Waals surface area contributed by atoms with Crippen LogP contribution in [0.25, 0.3) is 0 Å². The van der Waals surface area contributed by atoms with Crippen molar-refractivity contribution in [3.8, 4) is 0 Å². The summed E-state index contributed by atoms with van der Waals surface area (Å²) in [5.74, 6) is 0. The van der Waals surface area contributed by atoms with Crippen molar-refractivity contribution in [2.24, 2.45) is 0 Å². The van der Waals surface area contributed by atoms with E-state index in [-0.39, 0.29) is 10.1 Å². The van der Waals surface area contributed by atoms with Crippen molar-refractivity contribution < 1.29 is 4.74 Å². The minimum Gasteiger partial charge on any atom is -0.381 e. The predicted molar refractivity (Wildman–Crippen MR) is 311 cm³/mol. The van der Waals surface area contributed by atoms with Crippen LogP contribution in [0.3, 0.4) is 0 Å². The third kappa shape index (κ3) is 13.9. The van der Waals surface area contributed by atoms with Crippen molar-refractivity contribution in [3.63, 3.8) is 0 Å². The van der Waals surface area contributed by atoms with Crippen LogP contribution in [0, 0.1) is 0 Å². The molecular weight excluding hydrogens is 955 g/mol. The SMILES string of the molecule is CC(C)[Si](C(C)C)(C(C)C)N(CCCC(C)(CCOCCC(C)(CCCN([Si](C(C)C)(C(C)C)C(C)C)[Si](C(C)C)(C(C)C)C(C)C)[SiH](Cl)Cl)[SiH](Cl)Cl)[Si](C(C)C)(C(C)C)C(C)C. The van der Waals surface area contributed by atoms with Gasteiger partial charge in [-0.3, -0.25) is 0 Å². The lowest BCUT2D eigenvalue weighted by molar-refractivity contribution is 0.111. The minimum atomic E-state index is -2.03. The summed E-state index contributed by atoms with van der Waals surface area (Å²) in [5.41, 5.74) is 8.20. The van der Waals surface area contributed by atoms with Gasteiger partial charge in [-0.25, -0.2) is 0 Å². The molecule has 0 rings (SSSR count). The molecule has 0 amide bonds. The fraction of sp³-hybridized carbons (Fsp3) is 1.00. The average molecular weight is 1070 g/mol. The zero-order valence-corrected chi connectivity index (χ0v) is 56.3. The molecule has 0 saturated carbocycles. The Labute approximate surface area is 423 Å². The van der Waals surface area contributed by atoms with Crippen LogP contribution in [0.15, 0.2) is 0 Å². The van der Waals surface area contributed by atoms with Crippen LogP contribution in [-0.2, 0) is 4.74 Å². The maximum Gasteiger partial charge on any atom is 0.242 e. The molecule has 0 bridgehead atoms. The lowest BCUT2D eigenvalue weighted by Gasteiger charge is -2.63. The fourth-order valence-electron chi connectivity index (χ4n) is 15.9. The van der Waals surface area contributed by atoms with Crippen LogP contribution in [0.1, 0.15) is 219 Å². The predicted octanol–water partition coefficient (Wildman–Crippen LogP) is 19.6. The zero-order valence-electron chi connectivity index (χ0n) is 47.0. The summed E-state index contributed by atoms with van der Waals surface area (Å²) in [6.07, 6.45) is 6.22. The highest BCUT2D eigenvalue weighted by Gasteiger charge is 2.60. The van der Waals surface area contributed by atoms with Crippen LogP contribution in [0.4, 0.5) is 0 Å². The highest BCUT2D eigenvalue weighted by molar-refractivity contribution is 7.35. The van der Waals surface area contributed by atoms with Crippen LogP contribution < -0.4 is 0 Å². The largest absolute Gasteiger partial charge is 0.381 e. The van der Waals surface area contributed by atoms with Gasteiger partial charge < -0.3 is 13.2 Å². The van der Waals surface area contributed by atoms with Crippen molar-refractivity contribution in [1.82, 2.24) is 8.46 Å². The molecule has 0 saturated heterocycles. The van der Waals surface area contributed by atoms with Crippen LogP contribution in [0.2, 0.25) is 76.6 Å². The van der Waals surface area contributed by atoms with E-state index in [0.717, 1.165) is 38.5 Å². The first kappa shape index (κ1) is 65.3. The van der Waals surface area contributed by atoms with Gasteiger partial charge in [0.05, 0.1) is 0 Å². The van der Waals surface area contributed by atoms with Gasteiger partial charge in [0.1, 0.15) is 32.9 Å². The third-order valence-corrected chi connectivity index (χ3v) is 59.0. The zero-order chi connectivity index (χ0) is 50.0. The summed E-state index contributed by atoms with van der Waals surface area (Å²) in [7, 11) is -11.8. The Bertz CT molecular complexity index is 1040. The van der Waals surface area contributed by atoms with E-state index in [4.69, 9.17) is 49.1 Å². The van der Waals surface area contributed by atoms with E-state index in [1.807, 2.05) is 0 Å². The smallest absolute Gasteiger partial charge is 0.242 e. The normalized spacial score (nSPS) is 16.5. The standard InChI is InChI=1S/C50H112Cl4N2OSi6/c1-37(2)60(38(3)4,39(5)6)55(61(40(7)8,41(9)10)42(11)12)33-27-29-49(25,58(51)52)31-35-57-36-32-50(26,59(53)54)30-28-34-56(62(43(13)14,44(15)16)45(17)18)63(46(19)20,47(21)22)48(23)24/h37-48,58-59H,27-36H2,1-26H3. The maximum atomic E-state index is 7.10. The molecule has 0 N–H and O–H groups in total. The summed E-state index contributed by atoms with van der Waals surface area (Å²) in [5, 5.41) is -0.182. The van der Waals surface area contributed by atoms with Crippen molar-refractivity contribution in [2.45, 2.75) is 295 Å². The summed E-state index contributed by atoms with van der Waals surface area (Å²) in [6.45, 7) is 69.7. The van der Waals surface area contributed by atoms with E-state index in [2.05, 4.69) is 188 Å². The van der Waals surface area contributed by atoms with Gasteiger partial charge in [0, 0.05) is 13.2 Å². The molecule has 0 aromatic rings. The number of ether oxygens (including phenoxy) is 1. The van der Waals surface area contributed by atoms with Gasteiger partial charge in [-0.1, -0.05) is 180 Å². The van der Waals surface area contributed by atoms with E-state index in [1.54, 1.807) is 0 Å². The summed E-state index contributed by atoms with van der Waals surface area (Å²) in [6, 6.07) is 0. The molecule has 0 aromatic heterocycles. The summed E-state index contributed by atoms with van der Waals surface area (Å²) < 4.78 is 13.2. The molecule has 0 aliphatic rings. The number of hydrogen-bond acceptors (Lipinski definition) is 3. The van der Waals surface area contributed by atoms with Gasteiger partial charge >= 0.3 is 0 Å². The quantitative estimate of drug-likeness (QED) is 0.0379. The van der Waals surface area contributed by atoms with Gasteiger partial charge in [0.2, 0.25) is 14.8 Å². The second-order valence-electron chi connectivity index (χ2n) is 24.9. The first-order chi connectivity index (χ1) is 28.6. The van der Waals surface area contributed by atoms with Crippen LogP contribution in [-0.4, -0.2) is 82.5 Å². The van der Waals surface area contributed by atoms with Crippen molar-refractivity contribution in [1.29, 1.82) is 0 Å². The molecule has 2 unspecified atom stereocenters. The Balaban J connectivity index is 6.48. The van der Waals surface area contributed by atoms with Gasteiger partial charge in [-0.2, -0.15) is 0 Å². The molecule has 0 aliphatic carbocycles. The Morgan fingerprint density at radius 1 is 0.349 bits per heavy atom. The van der Waals surface area contributed by atoms with Gasteiger partial charge in [-0.05, 0) is 128 Å². The van der Waals surface area contributed by atoms with Crippen molar-refractivity contribution in [2.75, 3.05) is 26.3 Å². The average Bonchev–Trinajstić information content (AvgIpc) is 3.10. The highest BCUT2D eigenvalue weighted by atomic mass is 35.7. The van der Waals surface area contributed by atoms with Gasteiger partial charge in [0.25, 0.3) is 0 Å². The molecule has 0 aliphatic heterocycles. The molecule has 63 heavy (non-hydrogen) atoms. The Kier molecular flexibility index (Phi) is 28.3. The molecule has 0 fully saturated rings. The number of halogens is 4. The summed E-state index contributed by atoms with van der Waals surface area (Å²) >= 11 is 28.4. The Morgan fingerprint density at radius 3 is 0.667 bits per heavy atom. The molecular formula is C50H112Cl4N2OSi6. The summed E-state index contributed by atoms with van der Waals surface area (Å²) in [4.78, 5) is 0. The highest BCUT2D eigenvalue weighted by Crippen LogP contribution is 2.56. The third-order valence-electron chi connectivity index (χ3n) is 17.9. The molecule has 0 heterocycles. The monoisotopic (exact) mass is 1060 g/mol. The second kappa shape index (κ2) is 27.2. The topological polar surface area (TPSA) is 15.7 Å². The van der Waals surface area contributed by atoms with E-state index in [9.17, 15) is 0 Å². The van der Waals surface area contributed by atoms with E-state index >= 15 is 0 Å². The molecule has 0 spiro atoms. The molecule has 0 aromatic carbocycles. The molecule has 2 atom stereocenters. The van der Waals surface area contributed by atoms with Gasteiger partial charge in [-0.15, -0.1) is 44.3 Å². The Morgan fingerprint density at radius 2 is 0.524 bits per heavy atom. The van der Waals surface area contributed by atoms with E-state index in [0.29, 0.717) is 79.7 Å². The van der Waals surface area contributed by atoms with E-state index in [1.165, 1.54) is 13.1 Å². The van der Waals surface area contributed by atoms with Crippen molar-refractivity contribution in [3.05, 3.63) is 0 Å². The second-order valence-corrected chi connectivity index (χ2v) is 59.5. The fourth-order valence-corrected chi connectivity index (χ4v) is 60.3. The number of rotatable bonds is 32. The lowest BCUT2D eigenvalue weighted by Crippen LogP contribution is -2.74. The lowest BCUT2D eigenvalue weighted by atomic mass is 10.00. The first-order valence-electron chi connectivity index (χ1n) is 26.3. The minimum absolute atomic E-state index is 0.0908. The van der Waals surface area contributed by atoms with Crippen LogP contribution >= 0.6 is 44.3 Å². The molecule has 380 valence electrons. The van der Waals surface area contributed by atoms with Crippen molar-refractivity contribution >= 4 is 92.1 Å². The maximum absolute atomic E-state index is 7.10. The molecule has 0 radical (unpaired) electrons. The number of hydrogen-bond donors (Lipinski definition) is 0. The first-order valence-corrected chi connectivity index (χ1v) is 43.1. The molecule has 13 heteroatoms. The van der Waals surface area contributed by atoms with Crippen LogP contribution in [0.5, 0.6) is 0 Å². The number of nitrogens with zero attached hydrogens (tertiary/aromatic N) is 2. The van der Waals surface area contributed by atoms with E-state index < -0.39 is 47.8 Å². The Hall–Kier alpha value is 2.34. The molecule has 3 nitrogen and oxygen atoms in total.